The van der Waals surface area contributed by atoms with Crippen molar-refractivity contribution in [1.82, 2.24) is 15.2 Å². The second-order valence-electron chi connectivity index (χ2n) is 9.65. The zero-order valence-corrected chi connectivity index (χ0v) is 23.0. The molecule has 2 fully saturated rings. The number of aromatic nitrogens is 1. The molecule has 0 radical (unpaired) electrons. The monoisotopic (exact) mass is 567 g/mol. The molecule has 206 valence electrons. The molecule has 0 aliphatic carbocycles. The van der Waals surface area contributed by atoms with Gasteiger partial charge in [-0.15, -0.1) is 11.8 Å². The molecule has 0 unspecified atom stereocenters. The minimum Gasteiger partial charge on any atom is -0.427 e. The fraction of sp³-hybridized carbons (Fsp3) is 0.565. The third-order valence-electron chi connectivity index (χ3n) is 5.94. The van der Waals surface area contributed by atoms with Crippen LogP contribution in [0.4, 0.5) is 5.13 Å². The van der Waals surface area contributed by atoms with Gasteiger partial charge in [0.2, 0.25) is 6.79 Å². The zero-order valence-electron chi connectivity index (χ0n) is 21.3. The molecule has 2 saturated heterocycles. The van der Waals surface area contributed by atoms with Gasteiger partial charge in [0.25, 0.3) is 11.8 Å². The fourth-order valence-corrected chi connectivity index (χ4v) is 6.12. The number of thiazole rings is 1. The van der Waals surface area contributed by atoms with Gasteiger partial charge in [0.1, 0.15) is 24.2 Å². The van der Waals surface area contributed by atoms with Crippen LogP contribution in [-0.2, 0) is 38.2 Å². The van der Waals surface area contributed by atoms with Crippen LogP contribution in [0.5, 0.6) is 0 Å². The molecule has 1 aromatic heterocycles. The number of anilines is 1. The van der Waals surface area contributed by atoms with Gasteiger partial charge in [-0.3, -0.25) is 19.3 Å². The first-order valence-electron chi connectivity index (χ1n) is 11.8. The first kappa shape index (κ1) is 27.9. The number of nitrogens with zero attached hydrogens (tertiary/aromatic N) is 3. The quantitative estimate of drug-likeness (QED) is 0.151. The molecule has 3 atom stereocenters. The van der Waals surface area contributed by atoms with E-state index in [9.17, 15) is 19.2 Å². The zero-order chi connectivity index (χ0) is 27.6. The number of nitrogens with one attached hydrogen (secondary N) is 1. The van der Waals surface area contributed by atoms with Crippen LogP contribution >= 0.6 is 23.1 Å². The van der Waals surface area contributed by atoms with E-state index < -0.39 is 47.4 Å². The SMILES string of the molecule is CO/N=C(\C(=O)N[C@@H]1C(=O)N2C(C(=O)OCOC(=O)C(C)(C)C)=C([C@H]3CCCO3)CS[C@H]12)c1cnc(N)s1. The Morgan fingerprint density at radius 3 is 2.68 bits per heavy atom. The third kappa shape index (κ3) is 5.63. The first-order valence-corrected chi connectivity index (χ1v) is 13.7. The number of amides is 2. The summed E-state index contributed by atoms with van der Waals surface area (Å²) < 4.78 is 16.1. The summed E-state index contributed by atoms with van der Waals surface area (Å²) in [5, 5.41) is 6.13. The van der Waals surface area contributed by atoms with Crippen LogP contribution in [-0.4, -0.2) is 83.1 Å². The molecule has 2 amide bonds. The number of hydrogen-bond acceptors (Lipinski definition) is 13. The van der Waals surface area contributed by atoms with Crippen molar-refractivity contribution in [3.8, 4) is 0 Å². The number of fused-ring (bicyclic) bond motifs is 1. The Balaban J connectivity index is 1.50. The molecular weight excluding hydrogens is 538 g/mol. The third-order valence-corrected chi connectivity index (χ3v) is 8.08. The van der Waals surface area contributed by atoms with E-state index in [4.69, 9.17) is 24.8 Å². The van der Waals surface area contributed by atoms with Gasteiger partial charge >= 0.3 is 11.9 Å². The summed E-state index contributed by atoms with van der Waals surface area (Å²) in [6.45, 7) is 4.99. The summed E-state index contributed by atoms with van der Waals surface area (Å²) in [6, 6.07) is -0.924. The average Bonchev–Trinajstić information content (AvgIpc) is 3.56. The number of nitrogen functional groups attached to an aromatic ring is 1. The molecule has 1 aromatic rings. The van der Waals surface area contributed by atoms with Crippen molar-refractivity contribution in [2.45, 2.75) is 51.1 Å². The summed E-state index contributed by atoms with van der Waals surface area (Å²) in [7, 11) is 1.29. The van der Waals surface area contributed by atoms with Crippen molar-refractivity contribution in [3.63, 3.8) is 0 Å². The Morgan fingerprint density at radius 1 is 1.32 bits per heavy atom. The summed E-state index contributed by atoms with van der Waals surface area (Å²) in [6.07, 6.45) is 2.58. The minimum absolute atomic E-state index is 0.0592. The van der Waals surface area contributed by atoms with Gasteiger partial charge in [-0.05, 0) is 39.2 Å². The minimum atomic E-state index is -0.924. The number of hydrogen-bond donors (Lipinski definition) is 2. The maximum atomic E-state index is 13.3. The van der Waals surface area contributed by atoms with Gasteiger partial charge in [-0.1, -0.05) is 16.5 Å². The predicted molar refractivity (Wildman–Crippen MR) is 138 cm³/mol. The van der Waals surface area contributed by atoms with Gasteiger partial charge in [0.15, 0.2) is 10.8 Å². The summed E-state index contributed by atoms with van der Waals surface area (Å²) in [4.78, 5) is 61.9. The van der Waals surface area contributed by atoms with E-state index >= 15 is 0 Å². The lowest BCUT2D eigenvalue weighted by Gasteiger charge is -2.50. The Labute approximate surface area is 227 Å². The number of ether oxygens (including phenoxy) is 3. The second-order valence-corrected chi connectivity index (χ2v) is 11.8. The Morgan fingerprint density at radius 2 is 2.08 bits per heavy atom. The van der Waals surface area contributed by atoms with E-state index in [1.165, 1.54) is 30.0 Å². The second kappa shape index (κ2) is 11.3. The lowest BCUT2D eigenvalue weighted by Crippen LogP contribution is -2.71. The number of rotatable bonds is 8. The van der Waals surface area contributed by atoms with Gasteiger partial charge in [0.05, 0.1) is 16.4 Å². The average molecular weight is 568 g/mol. The van der Waals surface area contributed by atoms with Crippen LogP contribution in [0.25, 0.3) is 0 Å². The lowest BCUT2D eigenvalue weighted by atomic mass is 9.98. The molecule has 3 aliphatic rings. The van der Waals surface area contributed by atoms with Crippen molar-refractivity contribution < 1.29 is 38.2 Å². The molecule has 0 bridgehead atoms. The van der Waals surface area contributed by atoms with Gasteiger partial charge in [-0.2, -0.15) is 0 Å². The van der Waals surface area contributed by atoms with Crippen molar-refractivity contribution in [3.05, 3.63) is 22.3 Å². The van der Waals surface area contributed by atoms with E-state index in [-0.39, 0.29) is 22.6 Å². The summed E-state index contributed by atoms with van der Waals surface area (Å²) in [5.74, 6) is -2.09. The predicted octanol–water partition coefficient (Wildman–Crippen LogP) is 0.999. The van der Waals surface area contributed by atoms with Crippen LogP contribution in [0.2, 0.25) is 0 Å². The Bertz CT molecular complexity index is 1180. The molecule has 0 saturated carbocycles. The highest BCUT2D eigenvalue weighted by molar-refractivity contribution is 8.00. The molecule has 0 aromatic carbocycles. The summed E-state index contributed by atoms with van der Waals surface area (Å²) >= 11 is 2.44. The number of β-lactam (4-membered cyclic amide) rings is 1. The van der Waals surface area contributed by atoms with Gasteiger partial charge in [-0.25, -0.2) is 9.78 Å². The van der Waals surface area contributed by atoms with Crippen LogP contribution in [0.3, 0.4) is 0 Å². The Hall–Kier alpha value is -3.17. The largest absolute Gasteiger partial charge is 0.427 e. The molecular formula is C23H29N5O8S2. The van der Waals surface area contributed by atoms with Crippen LogP contribution in [0.1, 0.15) is 38.5 Å². The topological polar surface area (TPSA) is 172 Å². The maximum Gasteiger partial charge on any atom is 0.358 e. The van der Waals surface area contributed by atoms with Crippen molar-refractivity contribution in [1.29, 1.82) is 0 Å². The van der Waals surface area contributed by atoms with Crippen molar-refractivity contribution in [2.24, 2.45) is 10.6 Å². The number of thioether (sulfide) groups is 1. The molecule has 0 spiro atoms. The molecule has 3 N–H and O–H groups in total. The lowest BCUT2D eigenvalue weighted by molar-refractivity contribution is -0.173. The molecule has 13 nitrogen and oxygen atoms in total. The van der Waals surface area contributed by atoms with E-state index in [1.807, 2.05) is 0 Å². The Kier molecular flexibility index (Phi) is 8.28. The highest BCUT2D eigenvalue weighted by atomic mass is 32.2. The van der Waals surface area contributed by atoms with Crippen molar-refractivity contribution in [2.75, 3.05) is 32.0 Å². The van der Waals surface area contributed by atoms with E-state index in [0.717, 1.165) is 17.8 Å². The highest BCUT2D eigenvalue weighted by Gasteiger charge is 2.55. The highest BCUT2D eigenvalue weighted by Crippen LogP contribution is 2.43. The van der Waals surface area contributed by atoms with E-state index in [1.54, 1.807) is 20.8 Å². The standard InChI is InChI=1S/C23H29N5O8S2/c1-23(2,3)21(32)36-10-35-20(31)16-11(12-6-5-7-34-12)9-37-19-15(18(30)28(16)19)26-17(29)14(27-33-4)13-8-25-22(24)38-13/h8,12,15,19H,5-7,9-10H2,1-4H3,(H2,24,25)(H,26,29)/b27-14-/t12-,15-,19-/m1/s1. The fourth-order valence-electron chi connectivity index (χ4n) is 4.05. The molecule has 4 heterocycles. The van der Waals surface area contributed by atoms with Crippen LogP contribution in [0, 0.1) is 5.41 Å². The molecule has 15 heteroatoms. The number of carbonyl (C=O) groups is 4. The smallest absolute Gasteiger partial charge is 0.358 e. The van der Waals surface area contributed by atoms with Crippen LogP contribution < -0.4 is 11.1 Å². The maximum absolute atomic E-state index is 13.3. The first-order chi connectivity index (χ1) is 18.0. The molecule has 4 rings (SSSR count). The van der Waals surface area contributed by atoms with Crippen LogP contribution in [0.15, 0.2) is 22.6 Å². The van der Waals surface area contributed by atoms with Gasteiger partial charge < -0.3 is 30.1 Å². The van der Waals surface area contributed by atoms with E-state index in [0.29, 0.717) is 29.2 Å². The number of esters is 2. The normalized spacial score (nSPS) is 23.5. The van der Waals surface area contributed by atoms with E-state index in [2.05, 4.69) is 15.5 Å². The summed E-state index contributed by atoms with van der Waals surface area (Å²) in [5.41, 5.74) is 5.52. The number of oxime groups is 1. The molecule has 38 heavy (non-hydrogen) atoms. The van der Waals surface area contributed by atoms with Gasteiger partial charge in [0, 0.05) is 18.6 Å². The molecule has 3 aliphatic heterocycles. The number of nitrogens with two attached hydrogens (primary N) is 1. The van der Waals surface area contributed by atoms with Crippen molar-refractivity contribution >= 4 is 57.7 Å². The number of carbonyl (C=O) groups excluding carboxylic acids is 4.